The standard InChI is InChI=1S/C13H20N2O4S/c1-3-11-6-4-5-7-12(11)19-10-13(16)14-8-9-15-20(2,17)18/h4-7,15H,3,8-10H2,1-2H3,(H,14,16). The monoisotopic (exact) mass is 300 g/mol. The van der Waals surface area contributed by atoms with Crippen molar-refractivity contribution in [1.82, 2.24) is 10.0 Å². The van der Waals surface area contributed by atoms with Gasteiger partial charge in [-0.05, 0) is 18.1 Å². The molecule has 2 N–H and O–H groups in total. The highest BCUT2D eigenvalue weighted by atomic mass is 32.2. The van der Waals surface area contributed by atoms with Crippen LogP contribution < -0.4 is 14.8 Å². The van der Waals surface area contributed by atoms with Crippen molar-refractivity contribution in [3.63, 3.8) is 0 Å². The maximum absolute atomic E-state index is 11.5. The molecule has 0 aliphatic heterocycles. The molecular weight excluding hydrogens is 280 g/mol. The van der Waals surface area contributed by atoms with Crippen molar-refractivity contribution in [2.45, 2.75) is 13.3 Å². The van der Waals surface area contributed by atoms with Crippen molar-refractivity contribution >= 4 is 15.9 Å². The second kappa shape index (κ2) is 7.86. The van der Waals surface area contributed by atoms with E-state index in [1.165, 1.54) is 0 Å². The van der Waals surface area contributed by atoms with Gasteiger partial charge in [-0.2, -0.15) is 0 Å². The first-order valence-corrected chi connectivity index (χ1v) is 8.23. The maximum atomic E-state index is 11.5. The molecule has 0 saturated heterocycles. The summed E-state index contributed by atoms with van der Waals surface area (Å²) in [4.78, 5) is 11.5. The fourth-order valence-corrected chi connectivity index (χ4v) is 2.04. The fraction of sp³-hybridized carbons (Fsp3) is 0.462. The van der Waals surface area contributed by atoms with Crippen LogP contribution in [0.4, 0.5) is 0 Å². The van der Waals surface area contributed by atoms with E-state index in [4.69, 9.17) is 4.74 Å². The van der Waals surface area contributed by atoms with Crippen molar-refractivity contribution in [3.8, 4) is 5.75 Å². The molecule has 7 heteroatoms. The average Bonchev–Trinajstić information content (AvgIpc) is 2.40. The number of ether oxygens (including phenoxy) is 1. The highest BCUT2D eigenvalue weighted by Crippen LogP contribution is 2.17. The van der Waals surface area contributed by atoms with Gasteiger partial charge in [-0.3, -0.25) is 4.79 Å². The molecular formula is C13H20N2O4S. The Labute approximate surface area is 119 Å². The highest BCUT2D eigenvalue weighted by Gasteiger charge is 2.05. The third-order valence-corrected chi connectivity index (χ3v) is 3.25. The van der Waals surface area contributed by atoms with Crippen LogP contribution in [0.3, 0.4) is 0 Å². The second-order valence-electron chi connectivity index (χ2n) is 4.27. The van der Waals surface area contributed by atoms with E-state index in [0.717, 1.165) is 18.2 Å². The maximum Gasteiger partial charge on any atom is 0.257 e. The molecule has 6 nitrogen and oxygen atoms in total. The quantitative estimate of drug-likeness (QED) is 0.676. The molecule has 0 unspecified atom stereocenters. The lowest BCUT2D eigenvalue weighted by Gasteiger charge is -2.10. The van der Waals surface area contributed by atoms with E-state index in [1.807, 2.05) is 31.2 Å². The van der Waals surface area contributed by atoms with Gasteiger partial charge in [0.25, 0.3) is 5.91 Å². The van der Waals surface area contributed by atoms with E-state index in [2.05, 4.69) is 10.0 Å². The van der Waals surface area contributed by atoms with Crippen LogP contribution in [0.2, 0.25) is 0 Å². The van der Waals surface area contributed by atoms with Gasteiger partial charge in [0, 0.05) is 13.1 Å². The zero-order chi connectivity index (χ0) is 15.0. The minimum atomic E-state index is -3.22. The molecule has 0 fully saturated rings. The van der Waals surface area contributed by atoms with E-state index in [-0.39, 0.29) is 25.6 Å². The smallest absolute Gasteiger partial charge is 0.257 e. The number of hydrogen-bond donors (Lipinski definition) is 2. The normalized spacial score (nSPS) is 11.1. The summed E-state index contributed by atoms with van der Waals surface area (Å²) in [6.07, 6.45) is 1.90. The molecule has 0 bridgehead atoms. The van der Waals surface area contributed by atoms with Crippen molar-refractivity contribution < 1.29 is 17.9 Å². The van der Waals surface area contributed by atoms with E-state index in [9.17, 15) is 13.2 Å². The molecule has 0 spiro atoms. The topological polar surface area (TPSA) is 84.5 Å². The van der Waals surface area contributed by atoms with E-state index < -0.39 is 10.0 Å². The Kier molecular flexibility index (Phi) is 6.47. The van der Waals surface area contributed by atoms with Crippen LogP contribution in [0.25, 0.3) is 0 Å². The van der Waals surface area contributed by atoms with Gasteiger partial charge in [-0.15, -0.1) is 0 Å². The fourth-order valence-electron chi connectivity index (χ4n) is 1.57. The number of nitrogens with one attached hydrogen (secondary N) is 2. The largest absolute Gasteiger partial charge is 0.483 e. The molecule has 1 aromatic rings. The number of carbonyl (C=O) groups excluding carboxylic acids is 1. The molecule has 0 aliphatic carbocycles. The van der Waals surface area contributed by atoms with Gasteiger partial charge in [0.2, 0.25) is 10.0 Å². The Morgan fingerprint density at radius 3 is 2.60 bits per heavy atom. The van der Waals surface area contributed by atoms with Crippen LogP contribution in [0.5, 0.6) is 5.75 Å². The number of benzene rings is 1. The first kappa shape index (κ1) is 16.5. The van der Waals surface area contributed by atoms with Crippen LogP contribution in [-0.2, 0) is 21.2 Å². The lowest BCUT2D eigenvalue weighted by atomic mass is 10.1. The predicted octanol–water partition coefficient (Wildman–Crippen LogP) is 0.293. The average molecular weight is 300 g/mol. The number of aryl methyl sites for hydroxylation is 1. The summed E-state index contributed by atoms with van der Waals surface area (Å²) in [6.45, 7) is 2.32. The summed E-state index contributed by atoms with van der Waals surface area (Å²) in [6, 6.07) is 7.53. The number of para-hydroxylation sites is 1. The summed E-state index contributed by atoms with van der Waals surface area (Å²) in [5.41, 5.74) is 1.04. The van der Waals surface area contributed by atoms with Crippen molar-refractivity contribution in [1.29, 1.82) is 0 Å². The van der Waals surface area contributed by atoms with Gasteiger partial charge in [-0.25, -0.2) is 13.1 Å². The number of amides is 1. The van der Waals surface area contributed by atoms with Gasteiger partial charge in [0.1, 0.15) is 5.75 Å². The zero-order valence-electron chi connectivity index (χ0n) is 11.7. The molecule has 0 saturated carbocycles. The highest BCUT2D eigenvalue weighted by molar-refractivity contribution is 7.88. The number of hydrogen-bond acceptors (Lipinski definition) is 4. The summed E-state index contributed by atoms with van der Waals surface area (Å²) < 4.78 is 29.3. The van der Waals surface area contributed by atoms with Crippen LogP contribution >= 0.6 is 0 Å². The van der Waals surface area contributed by atoms with E-state index >= 15 is 0 Å². The van der Waals surface area contributed by atoms with Crippen LogP contribution in [0.1, 0.15) is 12.5 Å². The molecule has 20 heavy (non-hydrogen) atoms. The number of sulfonamides is 1. The molecule has 0 atom stereocenters. The van der Waals surface area contributed by atoms with Crippen LogP contribution in [-0.4, -0.2) is 40.3 Å². The summed E-state index contributed by atoms with van der Waals surface area (Å²) in [5, 5.41) is 2.57. The summed E-state index contributed by atoms with van der Waals surface area (Å²) in [7, 11) is -3.22. The number of carbonyl (C=O) groups is 1. The van der Waals surface area contributed by atoms with E-state index in [0.29, 0.717) is 5.75 Å². The molecule has 1 aromatic carbocycles. The number of rotatable bonds is 8. The van der Waals surface area contributed by atoms with Crippen molar-refractivity contribution in [3.05, 3.63) is 29.8 Å². The lowest BCUT2D eigenvalue weighted by molar-refractivity contribution is -0.123. The molecule has 1 amide bonds. The Morgan fingerprint density at radius 2 is 1.95 bits per heavy atom. The van der Waals surface area contributed by atoms with Gasteiger partial charge in [-0.1, -0.05) is 25.1 Å². The lowest BCUT2D eigenvalue weighted by Crippen LogP contribution is -2.36. The molecule has 0 radical (unpaired) electrons. The van der Waals surface area contributed by atoms with Crippen molar-refractivity contribution in [2.24, 2.45) is 0 Å². The third kappa shape index (κ3) is 6.53. The Hall–Kier alpha value is -1.60. The van der Waals surface area contributed by atoms with Gasteiger partial charge in [0.05, 0.1) is 6.26 Å². The minimum Gasteiger partial charge on any atom is -0.483 e. The second-order valence-corrected chi connectivity index (χ2v) is 6.10. The van der Waals surface area contributed by atoms with Crippen molar-refractivity contribution in [2.75, 3.05) is 26.0 Å². The van der Waals surface area contributed by atoms with Gasteiger partial charge in [0.15, 0.2) is 6.61 Å². The molecule has 0 heterocycles. The third-order valence-electron chi connectivity index (χ3n) is 2.52. The molecule has 1 rings (SSSR count). The Balaban J connectivity index is 2.29. The van der Waals surface area contributed by atoms with E-state index in [1.54, 1.807) is 0 Å². The summed E-state index contributed by atoms with van der Waals surface area (Å²) in [5.74, 6) is 0.408. The molecule has 0 aliphatic rings. The van der Waals surface area contributed by atoms with Gasteiger partial charge >= 0.3 is 0 Å². The zero-order valence-corrected chi connectivity index (χ0v) is 12.5. The molecule has 112 valence electrons. The van der Waals surface area contributed by atoms with Crippen LogP contribution in [0.15, 0.2) is 24.3 Å². The molecule has 0 aromatic heterocycles. The first-order valence-electron chi connectivity index (χ1n) is 6.34. The summed E-state index contributed by atoms with van der Waals surface area (Å²) >= 11 is 0. The predicted molar refractivity (Wildman–Crippen MR) is 77.2 cm³/mol. The van der Waals surface area contributed by atoms with Crippen LogP contribution in [0, 0.1) is 0 Å². The van der Waals surface area contributed by atoms with Gasteiger partial charge < -0.3 is 10.1 Å². The minimum absolute atomic E-state index is 0.0874. The first-order chi connectivity index (χ1) is 9.42. The Bertz CT molecular complexity index is 543. The SMILES string of the molecule is CCc1ccccc1OCC(=O)NCCNS(C)(=O)=O. The Morgan fingerprint density at radius 1 is 1.25 bits per heavy atom.